The highest BCUT2D eigenvalue weighted by molar-refractivity contribution is 14.1. The van der Waals surface area contributed by atoms with Crippen molar-refractivity contribution in [2.75, 3.05) is 5.32 Å². The molecule has 0 saturated carbocycles. The maximum absolute atomic E-state index is 13.3. The topological polar surface area (TPSA) is 38.1 Å². The van der Waals surface area contributed by atoms with Gasteiger partial charge in [0.15, 0.2) is 0 Å². The van der Waals surface area contributed by atoms with Gasteiger partial charge in [-0.1, -0.05) is 6.07 Å². The molecule has 1 heterocycles. The number of hydrogen-bond donors (Lipinski definition) is 1. The van der Waals surface area contributed by atoms with Gasteiger partial charge in [-0.25, -0.2) is 9.37 Å². The number of halogens is 2. The summed E-state index contributed by atoms with van der Waals surface area (Å²) in [6.45, 7) is 4.22. The fourth-order valence-corrected chi connectivity index (χ4v) is 1.98. The molecule has 90 valence electrons. The molecular formula is C12H12FIN2O. The summed E-state index contributed by atoms with van der Waals surface area (Å²) in [5, 5.41) is 3.11. The van der Waals surface area contributed by atoms with Crippen LogP contribution in [0.15, 0.2) is 22.6 Å². The number of anilines is 1. The minimum absolute atomic E-state index is 0.227. The molecule has 3 nitrogen and oxygen atoms in total. The van der Waals surface area contributed by atoms with Crippen molar-refractivity contribution in [3.8, 4) is 0 Å². The van der Waals surface area contributed by atoms with E-state index in [0.717, 1.165) is 17.1 Å². The van der Waals surface area contributed by atoms with Crippen molar-refractivity contribution in [2.45, 2.75) is 20.4 Å². The van der Waals surface area contributed by atoms with Crippen LogP contribution in [0.3, 0.4) is 0 Å². The molecule has 2 rings (SSSR count). The zero-order valence-electron chi connectivity index (χ0n) is 9.55. The molecule has 0 amide bonds. The van der Waals surface area contributed by atoms with Crippen LogP contribution in [0.1, 0.15) is 17.3 Å². The monoisotopic (exact) mass is 346 g/mol. The normalized spacial score (nSPS) is 10.6. The number of oxazole rings is 1. The van der Waals surface area contributed by atoms with E-state index in [4.69, 9.17) is 4.42 Å². The fraction of sp³-hybridized carbons (Fsp3) is 0.250. The Hall–Kier alpha value is -1.11. The van der Waals surface area contributed by atoms with Crippen LogP contribution in [0.4, 0.5) is 10.1 Å². The summed E-state index contributed by atoms with van der Waals surface area (Å²) in [5.74, 6) is 1.20. The van der Waals surface area contributed by atoms with Crippen LogP contribution in [0.2, 0.25) is 0 Å². The quantitative estimate of drug-likeness (QED) is 0.863. The summed E-state index contributed by atoms with van der Waals surface area (Å²) in [4.78, 5) is 4.25. The van der Waals surface area contributed by atoms with Crippen LogP contribution in [-0.4, -0.2) is 4.98 Å². The molecule has 17 heavy (non-hydrogen) atoms. The maximum atomic E-state index is 13.3. The van der Waals surface area contributed by atoms with Crippen LogP contribution in [0.5, 0.6) is 0 Å². The molecule has 0 aliphatic rings. The van der Waals surface area contributed by atoms with Gasteiger partial charge < -0.3 is 9.73 Å². The number of benzene rings is 1. The summed E-state index contributed by atoms with van der Waals surface area (Å²) in [5.41, 5.74) is 1.63. The Bertz CT molecular complexity index is 520. The number of aryl methyl sites for hydroxylation is 2. The van der Waals surface area contributed by atoms with E-state index in [2.05, 4.69) is 10.3 Å². The standard InChI is InChI=1S/C12H12FIN2O/c1-7-8(2)17-11(16-7)6-15-10-5-3-4-9(13)12(10)14/h3-5,15H,6H2,1-2H3. The summed E-state index contributed by atoms with van der Waals surface area (Å²) >= 11 is 1.97. The molecule has 0 saturated heterocycles. The van der Waals surface area contributed by atoms with E-state index < -0.39 is 0 Å². The lowest BCUT2D eigenvalue weighted by molar-refractivity contribution is 0.478. The first kappa shape index (κ1) is 12.3. The molecule has 2 aromatic rings. The average molecular weight is 346 g/mol. The molecule has 0 fully saturated rings. The highest BCUT2D eigenvalue weighted by atomic mass is 127. The summed E-state index contributed by atoms with van der Waals surface area (Å²) in [6, 6.07) is 4.94. The predicted octanol–water partition coefficient (Wildman–Crippen LogP) is 3.65. The molecule has 0 atom stereocenters. The Morgan fingerprint density at radius 3 is 2.82 bits per heavy atom. The summed E-state index contributed by atoms with van der Waals surface area (Å²) in [6.07, 6.45) is 0. The number of hydrogen-bond acceptors (Lipinski definition) is 3. The largest absolute Gasteiger partial charge is 0.444 e. The number of aromatic nitrogens is 1. The van der Waals surface area contributed by atoms with Gasteiger partial charge in [0.1, 0.15) is 11.6 Å². The highest BCUT2D eigenvalue weighted by Gasteiger charge is 2.08. The molecule has 1 N–H and O–H groups in total. The molecule has 0 unspecified atom stereocenters. The Morgan fingerprint density at radius 2 is 2.18 bits per heavy atom. The van der Waals surface area contributed by atoms with Crippen LogP contribution >= 0.6 is 22.6 Å². The molecule has 5 heteroatoms. The van der Waals surface area contributed by atoms with Gasteiger partial charge in [0, 0.05) is 0 Å². The van der Waals surface area contributed by atoms with E-state index in [1.54, 1.807) is 6.07 Å². The van der Waals surface area contributed by atoms with Crippen molar-refractivity contribution < 1.29 is 8.81 Å². The number of rotatable bonds is 3. The Morgan fingerprint density at radius 1 is 1.41 bits per heavy atom. The first-order valence-corrected chi connectivity index (χ1v) is 6.26. The second-order valence-corrected chi connectivity index (χ2v) is 4.78. The number of nitrogens with zero attached hydrogens (tertiary/aromatic N) is 1. The van der Waals surface area contributed by atoms with Crippen molar-refractivity contribution in [1.82, 2.24) is 4.98 Å². The van der Waals surface area contributed by atoms with Crippen molar-refractivity contribution >= 4 is 28.3 Å². The maximum Gasteiger partial charge on any atom is 0.213 e. The smallest absolute Gasteiger partial charge is 0.213 e. The van der Waals surface area contributed by atoms with Crippen molar-refractivity contribution in [1.29, 1.82) is 0 Å². The van der Waals surface area contributed by atoms with Gasteiger partial charge in [-0.3, -0.25) is 0 Å². The van der Waals surface area contributed by atoms with Gasteiger partial charge in [0.2, 0.25) is 5.89 Å². The van der Waals surface area contributed by atoms with Crippen LogP contribution in [0.25, 0.3) is 0 Å². The van der Waals surface area contributed by atoms with E-state index in [1.165, 1.54) is 6.07 Å². The van der Waals surface area contributed by atoms with E-state index in [-0.39, 0.29) is 5.82 Å². The minimum Gasteiger partial charge on any atom is -0.444 e. The van der Waals surface area contributed by atoms with Crippen molar-refractivity contribution in [3.05, 3.63) is 44.9 Å². The van der Waals surface area contributed by atoms with Gasteiger partial charge in [0.25, 0.3) is 0 Å². The van der Waals surface area contributed by atoms with E-state index in [9.17, 15) is 4.39 Å². The minimum atomic E-state index is -0.227. The first-order chi connectivity index (χ1) is 8.08. The van der Waals surface area contributed by atoms with Gasteiger partial charge >= 0.3 is 0 Å². The van der Waals surface area contributed by atoms with Gasteiger partial charge in [0.05, 0.1) is 21.5 Å². The molecule has 1 aromatic heterocycles. The molecule has 0 radical (unpaired) electrons. The highest BCUT2D eigenvalue weighted by Crippen LogP contribution is 2.21. The Balaban J connectivity index is 2.10. The Kier molecular flexibility index (Phi) is 3.66. The van der Waals surface area contributed by atoms with E-state index >= 15 is 0 Å². The van der Waals surface area contributed by atoms with Gasteiger partial charge in [-0.05, 0) is 48.6 Å². The average Bonchev–Trinajstić information content (AvgIpc) is 2.61. The molecule has 0 spiro atoms. The third kappa shape index (κ3) is 2.77. The SMILES string of the molecule is Cc1nc(CNc2cccc(F)c2I)oc1C. The molecule has 0 bridgehead atoms. The third-order valence-electron chi connectivity index (χ3n) is 2.45. The summed E-state index contributed by atoms with van der Waals surface area (Å²) < 4.78 is 19.3. The predicted molar refractivity (Wildman–Crippen MR) is 72.4 cm³/mol. The third-order valence-corrected chi connectivity index (χ3v) is 3.55. The lowest BCUT2D eigenvalue weighted by Gasteiger charge is -2.06. The van der Waals surface area contributed by atoms with Crippen molar-refractivity contribution in [3.63, 3.8) is 0 Å². The zero-order valence-corrected chi connectivity index (χ0v) is 11.7. The van der Waals surface area contributed by atoms with E-state index in [0.29, 0.717) is 16.0 Å². The second-order valence-electron chi connectivity index (χ2n) is 3.70. The van der Waals surface area contributed by atoms with Gasteiger partial charge in [-0.15, -0.1) is 0 Å². The fourth-order valence-electron chi connectivity index (χ4n) is 1.43. The first-order valence-electron chi connectivity index (χ1n) is 5.18. The summed E-state index contributed by atoms with van der Waals surface area (Å²) in [7, 11) is 0. The number of nitrogens with one attached hydrogen (secondary N) is 1. The van der Waals surface area contributed by atoms with Crippen LogP contribution < -0.4 is 5.32 Å². The van der Waals surface area contributed by atoms with E-state index in [1.807, 2.05) is 42.5 Å². The lowest BCUT2D eigenvalue weighted by atomic mass is 10.3. The van der Waals surface area contributed by atoms with Gasteiger partial charge in [-0.2, -0.15) is 0 Å². The van der Waals surface area contributed by atoms with Crippen LogP contribution in [0, 0.1) is 23.2 Å². The molecule has 0 aliphatic heterocycles. The lowest BCUT2D eigenvalue weighted by Crippen LogP contribution is -2.02. The van der Waals surface area contributed by atoms with Crippen LogP contribution in [-0.2, 0) is 6.54 Å². The Labute approximate surface area is 113 Å². The second kappa shape index (κ2) is 5.03. The van der Waals surface area contributed by atoms with Crippen molar-refractivity contribution in [2.24, 2.45) is 0 Å². The molecular weight excluding hydrogens is 334 g/mol. The molecule has 0 aliphatic carbocycles. The zero-order chi connectivity index (χ0) is 12.4. The molecule has 1 aromatic carbocycles.